The van der Waals surface area contributed by atoms with E-state index in [0.717, 1.165) is 31.0 Å². The maximum atomic E-state index is 14.8. The second-order valence-corrected chi connectivity index (χ2v) is 11.7. The molecule has 1 unspecified atom stereocenters. The van der Waals surface area contributed by atoms with Crippen LogP contribution in [0.3, 0.4) is 0 Å². The molecule has 1 fully saturated rings. The number of primary amides is 1. The van der Waals surface area contributed by atoms with Crippen molar-refractivity contribution >= 4 is 22.7 Å². The second-order valence-electron chi connectivity index (χ2n) is 11.7. The van der Waals surface area contributed by atoms with Crippen LogP contribution in [-0.4, -0.2) is 52.3 Å². The van der Waals surface area contributed by atoms with E-state index in [1.54, 1.807) is 12.1 Å². The number of alkyl halides is 6. The van der Waals surface area contributed by atoms with Gasteiger partial charge in [0.15, 0.2) is 0 Å². The number of carbonyl (C=O) groups is 2. The molecular formula is C32H26F6N4O5. The quantitative estimate of drug-likeness (QED) is 0.222. The number of rotatable bonds is 8. The van der Waals surface area contributed by atoms with Crippen molar-refractivity contribution in [2.24, 2.45) is 5.73 Å². The van der Waals surface area contributed by atoms with Crippen LogP contribution in [0.25, 0.3) is 22.2 Å². The number of pyridine rings is 2. The number of nitrogens with one attached hydrogen (secondary N) is 1. The molecule has 3 heterocycles. The number of aliphatic hydroxyl groups is 1. The summed E-state index contributed by atoms with van der Waals surface area (Å²) in [5, 5.41) is 13.9. The highest BCUT2D eigenvalue weighted by Gasteiger charge is 2.57. The summed E-state index contributed by atoms with van der Waals surface area (Å²) in [5.74, 6) is -1.86. The van der Waals surface area contributed by atoms with Gasteiger partial charge < -0.3 is 25.6 Å². The summed E-state index contributed by atoms with van der Waals surface area (Å²) >= 11 is 0. The zero-order valence-corrected chi connectivity index (χ0v) is 24.5. The summed E-state index contributed by atoms with van der Waals surface area (Å²) < 4.78 is 95.4. The first-order valence-corrected chi connectivity index (χ1v) is 14.3. The van der Waals surface area contributed by atoms with Gasteiger partial charge in [-0.25, -0.2) is 4.98 Å². The molecule has 2 aliphatic rings. The Balaban J connectivity index is 1.41. The van der Waals surface area contributed by atoms with Gasteiger partial charge in [0.2, 0.25) is 11.5 Å². The van der Waals surface area contributed by atoms with E-state index in [0.29, 0.717) is 23.0 Å². The average molecular weight is 661 g/mol. The molecule has 47 heavy (non-hydrogen) atoms. The van der Waals surface area contributed by atoms with Crippen LogP contribution < -0.4 is 20.5 Å². The summed E-state index contributed by atoms with van der Waals surface area (Å²) in [7, 11) is 0. The molecule has 2 amide bonds. The van der Waals surface area contributed by atoms with Crippen molar-refractivity contribution in [1.82, 2.24) is 15.3 Å². The van der Waals surface area contributed by atoms with Crippen LogP contribution in [-0.2, 0) is 22.0 Å². The van der Waals surface area contributed by atoms with Crippen molar-refractivity contribution < 1.29 is 50.5 Å². The Kier molecular flexibility index (Phi) is 7.57. The zero-order chi connectivity index (χ0) is 33.9. The van der Waals surface area contributed by atoms with Crippen LogP contribution in [0.4, 0.5) is 26.3 Å². The van der Waals surface area contributed by atoms with Crippen molar-refractivity contribution in [3.63, 3.8) is 0 Å². The predicted molar refractivity (Wildman–Crippen MR) is 154 cm³/mol. The number of hydrogen-bond donors (Lipinski definition) is 3. The molecule has 2 aromatic heterocycles. The fourth-order valence-electron chi connectivity index (χ4n) is 5.20. The Hall–Kier alpha value is -4.92. The number of benzene rings is 2. The molecule has 1 aliphatic heterocycles. The number of nitrogens with zero attached hydrogens (tertiary/aromatic N) is 2. The van der Waals surface area contributed by atoms with Gasteiger partial charge in [-0.2, -0.15) is 26.3 Å². The standard InChI is InChI=1S/C32H26F6N4O5/c1-29(28(39)44)15-46-26-21(29)13-23(42-25(26)16-4-6-19(7-5-16)31(33,34)35)30(45,32(36,37)38)14-41-27(43)18-11-17-3-2-10-40-24(17)22(12-18)47-20-8-9-20/h2-7,10-13,20,45H,8-9,14-15H2,1H3,(H2,39,44)(H,41,43)/t29-,30?/m0/s1. The number of amides is 2. The lowest BCUT2D eigenvalue weighted by Gasteiger charge is -2.31. The van der Waals surface area contributed by atoms with E-state index in [1.165, 1.54) is 25.3 Å². The zero-order valence-electron chi connectivity index (χ0n) is 24.5. The Morgan fingerprint density at radius 3 is 2.40 bits per heavy atom. The van der Waals surface area contributed by atoms with E-state index in [4.69, 9.17) is 15.2 Å². The van der Waals surface area contributed by atoms with E-state index < -0.39 is 59.6 Å². The van der Waals surface area contributed by atoms with Crippen LogP contribution in [0.15, 0.2) is 60.8 Å². The van der Waals surface area contributed by atoms with Crippen LogP contribution in [0.2, 0.25) is 0 Å². The first kappa shape index (κ1) is 32.0. The van der Waals surface area contributed by atoms with Gasteiger partial charge in [-0.15, -0.1) is 0 Å². The third-order valence-corrected chi connectivity index (χ3v) is 8.25. The van der Waals surface area contributed by atoms with Crippen molar-refractivity contribution in [3.05, 3.63) is 83.2 Å². The smallest absolute Gasteiger partial charge is 0.424 e. The third kappa shape index (κ3) is 5.79. The highest BCUT2D eigenvalue weighted by molar-refractivity contribution is 6.00. The van der Waals surface area contributed by atoms with E-state index >= 15 is 0 Å². The SMILES string of the molecule is C[C@]1(C(N)=O)COc2c1cc(C(O)(CNC(=O)c1cc(OC3CC3)c3ncccc3c1)C(F)(F)F)nc2-c1ccc(C(F)(F)F)cc1. The molecule has 0 spiro atoms. The normalized spacial score (nSPS) is 19.1. The van der Waals surface area contributed by atoms with Gasteiger partial charge in [0.1, 0.15) is 34.7 Å². The summed E-state index contributed by atoms with van der Waals surface area (Å²) in [5.41, 5.74) is -2.24. The van der Waals surface area contributed by atoms with Crippen molar-refractivity contribution in [3.8, 4) is 22.8 Å². The molecule has 1 saturated carbocycles. The number of nitrogens with two attached hydrogens (primary N) is 1. The lowest BCUT2D eigenvalue weighted by Crippen LogP contribution is -2.51. The number of aromatic nitrogens is 2. The summed E-state index contributed by atoms with van der Waals surface area (Å²) in [6.07, 6.45) is -7.10. The van der Waals surface area contributed by atoms with Gasteiger partial charge in [-0.1, -0.05) is 18.2 Å². The largest absolute Gasteiger partial charge is 0.489 e. The fraction of sp³-hybridized carbons (Fsp3) is 0.312. The molecule has 4 N–H and O–H groups in total. The molecule has 9 nitrogen and oxygen atoms in total. The summed E-state index contributed by atoms with van der Waals surface area (Å²) in [4.78, 5) is 34.0. The number of halogens is 6. The first-order valence-electron chi connectivity index (χ1n) is 14.3. The van der Waals surface area contributed by atoms with E-state index in [9.17, 15) is 41.0 Å². The molecule has 0 radical (unpaired) electrons. The minimum Gasteiger partial charge on any atom is -0.489 e. The van der Waals surface area contributed by atoms with Gasteiger partial charge in [0.25, 0.3) is 5.91 Å². The number of hydrogen-bond acceptors (Lipinski definition) is 7. The molecule has 0 saturated heterocycles. The highest BCUT2D eigenvalue weighted by Crippen LogP contribution is 2.48. The summed E-state index contributed by atoms with van der Waals surface area (Å²) in [6.45, 7) is -0.517. The Morgan fingerprint density at radius 2 is 1.79 bits per heavy atom. The minimum atomic E-state index is -5.45. The van der Waals surface area contributed by atoms with Crippen molar-refractivity contribution in [2.45, 2.75) is 49.2 Å². The van der Waals surface area contributed by atoms with Gasteiger partial charge in [-0.05, 0) is 56.2 Å². The number of fused-ring (bicyclic) bond motifs is 2. The molecular weight excluding hydrogens is 634 g/mol. The Bertz CT molecular complexity index is 1890. The Labute approximate surface area is 262 Å². The van der Waals surface area contributed by atoms with Crippen molar-refractivity contribution in [1.29, 1.82) is 0 Å². The van der Waals surface area contributed by atoms with Crippen LogP contribution in [0.1, 0.15) is 46.9 Å². The van der Waals surface area contributed by atoms with E-state index in [-0.39, 0.29) is 40.0 Å². The molecule has 2 aromatic carbocycles. The molecule has 2 atom stereocenters. The molecule has 0 bridgehead atoms. The fourth-order valence-corrected chi connectivity index (χ4v) is 5.20. The number of carbonyl (C=O) groups excluding carboxylic acids is 2. The van der Waals surface area contributed by atoms with Gasteiger partial charge in [0, 0.05) is 28.3 Å². The predicted octanol–water partition coefficient (Wildman–Crippen LogP) is 5.17. The molecule has 4 aromatic rings. The topological polar surface area (TPSA) is 137 Å². The maximum Gasteiger partial charge on any atom is 0.424 e. The monoisotopic (exact) mass is 660 g/mol. The van der Waals surface area contributed by atoms with Crippen molar-refractivity contribution in [2.75, 3.05) is 13.2 Å². The number of ether oxygens (including phenoxy) is 2. The van der Waals surface area contributed by atoms with Crippen LogP contribution >= 0.6 is 0 Å². The highest BCUT2D eigenvalue weighted by atomic mass is 19.4. The lowest BCUT2D eigenvalue weighted by molar-refractivity contribution is -0.265. The Morgan fingerprint density at radius 1 is 1.09 bits per heavy atom. The summed E-state index contributed by atoms with van der Waals surface area (Å²) in [6, 6.07) is 10.2. The molecule has 1 aliphatic carbocycles. The van der Waals surface area contributed by atoms with Crippen LogP contribution in [0, 0.1) is 0 Å². The van der Waals surface area contributed by atoms with E-state index in [1.807, 2.05) is 0 Å². The molecule has 6 rings (SSSR count). The van der Waals surface area contributed by atoms with Gasteiger partial charge in [-0.3, -0.25) is 14.6 Å². The second kappa shape index (κ2) is 11.1. The third-order valence-electron chi connectivity index (χ3n) is 8.25. The van der Waals surface area contributed by atoms with Gasteiger partial charge in [0.05, 0.1) is 23.9 Å². The van der Waals surface area contributed by atoms with E-state index in [2.05, 4.69) is 15.3 Å². The molecule has 15 heteroatoms. The average Bonchev–Trinajstić information content (AvgIpc) is 3.78. The van der Waals surface area contributed by atoms with Gasteiger partial charge >= 0.3 is 12.4 Å². The van der Waals surface area contributed by atoms with Crippen LogP contribution in [0.5, 0.6) is 11.5 Å². The minimum absolute atomic E-state index is 0.0623. The first-order chi connectivity index (χ1) is 22.0. The maximum absolute atomic E-state index is 14.8. The lowest BCUT2D eigenvalue weighted by atomic mass is 9.81. The molecule has 246 valence electrons.